The van der Waals surface area contributed by atoms with Crippen molar-refractivity contribution in [2.24, 2.45) is 0 Å². The van der Waals surface area contributed by atoms with Gasteiger partial charge in [0.1, 0.15) is 5.82 Å². The van der Waals surface area contributed by atoms with Crippen LogP contribution in [0.4, 0.5) is 10.1 Å². The molecule has 0 saturated heterocycles. The van der Waals surface area contributed by atoms with Crippen molar-refractivity contribution < 1.29 is 14.1 Å². The van der Waals surface area contributed by atoms with Gasteiger partial charge in [-0.1, -0.05) is 48.2 Å². The van der Waals surface area contributed by atoms with E-state index in [-0.39, 0.29) is 17.8 Å². The van der Waals surface area contributed by atoms with Crippen LogP contribution in [0.15, 0.2) is 95.2 Å². The molecule has 1 heterocycles. The number of amides is 1. The van der Waals surface area contributed by atoms with Gasteiger partial charge in [0.05, 0.1) is 16.8 Å². The monoisotopic (exact) mass is 462 g/mol. The molecule has 0 bridgehead atoms. The maximum atomic E-state index is 14.1. The first-order valence-corrected chi connectivity index (χ1v) is 10.8. The van der Waals surface area contributed by atoms with Gasteiger partial charge in [-0.2, -0.15) is 0 Å². The topological polar surface area (TPSA) is 90.1 Å². The molecule has 9 heteroatoms. The third-order valence-corrected chi connectivity index (χ3v) is 6.00. The lowest BCUT2D eigenvalue weighted by atomic mass is 10.1. The maximum Gasteiger partial charge on any atom is 0.270 e. The van der Waals surface area contributed by atoms with Crippen LogP contribution in [0.5, 0.6) is 0 Å². The van der Waals surface area contributed by atoms with Crippen LogP contribution in [-0.4, -0.2) is 20.4 Å². The highest BCUT2D eigenvalue weighted by Gasteiger charge is 2.18. The Bertz CT molecular complexity index is 1280. The van der Waals surface area contributed by atoms with Gasteiger partial charge in [-0.05, 0) is 29.3 Å². The van der Waals surface area contributed by atoms with Crippen LogP contribution in [0.3, 0.4) is 0 Å². The lowest BCUT2D eigenvalue weighted by Gasteiger charge is -2.11. The molecule has 1 amide bonds. The van der Waals surface area contributed by atoms with Crippen LogP contribution >= 0.6 is 11.8 Å². The number of imidazole rings is 1. The zero-order valence-corrected chi connectivity index (χ0v) is 18.2. The fourth-order valence-corrected chi connectivity index (χ4v) is 4.12. The average Bonchev–Trinajstić information content (AvgIpc) is 3.33. The van der Waals surface area contributed by atoms with Gasteiger partial charge in [0.25, 0.3) is 11.6 Å². The molecule has 0 unspecified atom stereocenters. The first kappa shape index (κ1) is 22.2. The molecular weight excluding hydrogens is 443 g/mol. The van der Waals surface area contributed by atoms with Gasteiger partial charge in [0, 0.05) is 47.4 Å². The van der Waals surface area contributed by atoms with Crippen molar-refractivity contribution in [1.82, 2.24) is 14.9 Å². The Hall–Kier alpha value is -3.98. The molecule has 0 spiro atoms. The molecule has 0 aliphatic rings. The molecule has 4 aromatic rings. The normalized spacial score (nSPS) is 10.7. The lowest BCUT2D eigenvalue weighted by Crippen LogP contribution is -2.23. The number of hydrogen-bond donors (Lipinski definition) is 1. The third kappa shape index (κ3) is 5.64. The van der Waals surface area contributed by atoms with Gasteiger partial charge in [0.15, 0.2) is 0 Å². The molecule has 0 aliphatic heterocycles. The molecule has 7 nitrogen and oxygen atoms in total. The molecule has 1 aromatic heterocycles. The second kappa shape index (κ2) is 10.1. The fraction of sp³-hybridized carbons (Fsp3) is 0.0833. The first-order valence-electron chi connectivity index (χ1n) is 10.0. The third-order valence-electron chi connectivity index (χ3n) is 4.88. The second-order valence-corrected chi connectivity index (χ2v) is 8.29. The van der Waals surface area contributed by atoms with E-state index in [1.165, 1.54) is 24.3 Å². The highest BCUT2D eigenvalue weighted by Crippen LogP contribution is 2.34. The number of carbonyl (C=O) groups is 1. The van der Waals surface area contributed by atoms with E-state index in [0.29, 0.717) is 16.3 Å². The van der Waals surface area contributed by atoms with E-state index >= 15 is 0 Å². The van der Waals surface area contributed by atoms with Crippen LogP contribution < -0.4 is 5.32 Å². The van der Waals surface area contributed by atoms with E-state index in [4.69, 9.17) is 0 Å². The van der Waals surface area contributed by atoms with Gasteiger partial charge in [0.2, 0.25) is 0 Å². The van der Waals surface area contributed by atoms with E-state index in [9.17, 15) is 19.3 Å². The van der Waals surface area contributed by atoms with Crippen LogP contribution in [-0.2, 0) is 13.1 Å². The fourth-order valence-electron chi connectivity index (χ4n) is 3.18. The summed E-state index contributed by atoms with van der Waals surface area (Å²) in [6, 6.07) is 17.9. The molecule has 0 atom stereocenters. The SMILES string of the molecule is O=C(NCc1ccc(Cn2ccnc2)cc1)c1cc([N+](=O)[O-])ccc1Sc1ccccc1F. The van der Waals surface area contributed by atoms with Crippen molar-refractivity contribution in [3.05, 3.63) is 118 Å². The number of nitro benzene ring substituents is 1. The Labute approximate surface area is 193 Å². The number of aromatic nitrogens is 2. The summed E-state index contributed by atoms with van der Waals surface area (Å²) in [7, 11) is 0. The quantitative estimate of drug-likeness (QED) is 0.292. The summed E-state index contributed by atoms with van der Waals surface area (Å²) >= 11 is 1.05. The number of nitrogens with one attached hydrogen (secondary N) is 1. The second-order valence-electron chi connectivity index (χ2n) is 7.20. The summed E-state index contributed by atoms with van der Waals surface area (Å²) in [6.45, 7) is 0.938. The zero-order chi connectivity index (χ0) is 23.2. The smallest absolute Gasteiger partial charge is 0.270 e. The zero-order valence-electron chi connectivity index (χ0n) is 17.3. The van der Waals surface area contributed by atoms with E-state index < -0.39 is 16.6 Å². The predicted molar refractivity (Wildman–Crippen MR) is 123 cm³/mol. The highest BCUT2D eigenvalue weighted by atomic mass is 32.2. The number of hydrogen-bond acceptors (Lipinski definition) is 5. The number of benzene rings is 3. The van der Waals surface area contributed by atoms with Crippen molar-refractivity contribution >= 4 is 23.4 Å². The van der Waals surface area contributed by atoms with Crippen molar-refractivity contribution in [1.29, 1.82) is 0 Å². The van der Waals surface area contributed by atoms with Crippen LogP contribution in [0.1, 0.15) is 21.5 Å². The maximum absolute atomic E-state index is 14.1. The molecule has 0 aliphatic carbocycles. The standard InChI is InChI=1S/C24H19FN4O3S/c25-21-3-1-2-4-23(21)33-22-10-9-19(29(31)32)13-20(22)24(30)27-14-17-5-7-18(8-6-17)15-28-12-11-26-16-28/h1-13,16H,14-15H2,(H,27,30). The molecule has 0 radical (unpaired) electrons. The molecule has 1 N–H and O–H groups in total. The van der Waals surface area contributed by atoms with E-state index in [1.54, 1.807) is 30.7 Å². The minimum absolute atomic E-state index is 0.120. The number of halogens is 1. The van der Waals surface area contributed by atoms with Gasteiger partial charge in [-0.15, -0.1) is 0 Å². The molecule has 166 valence electrons. The molecule has 0 saturated carbocycles. The Morgan fingerprint density at radius 3 is 2.52 bits per heavy atom. The minimum atomic E-state index is -0.562. The molecule has 3 aromatic carbocycles. The first-order chi connectivity index (χ1) is 16.0. The van der Waals surface area contributed by atoms with Crippen LogP contribution in [0, 0.1) is 15.9 Å². The summed E-state index contributed by atoms with van der Waals surface area (Å²) in [4.78, 5) is 28.4. The van der Waals surface area contributed by atoms with Crippen LogP contribution in [0.2, 0.25) is 0 Å². The van der Waals surface area contributed by atoms with Crippen molar-refractivity contribution in [3.8, 4) is 0 Å². The summed E-state index contributed by atoms with van der Waals surface area (Å²) in [5.41, 5.74) is 1.88. The average molecular weight is 463 g/mol. The summed E-state index contributed by atoms with van der Waals surface area (Å²) in [6.07, 6.45) is 5.34. The lowest BCUT2D eigenvalue weighted by molar-refractivity contribution is -0.384. The van der Waals surface area contributed by atoms with Crippen molar-refractivity contribution in [2.75, 3.05) is 0 Å². The summed E-state index contributed by atoms with van der Waals surface area (Å²) in [5.74, 6) is -0.900. The molecule has 0 fully saturated rings. The van der Waals surface area contributed by atoms with E-state index in [1.807, 2.05) is 35.0 Å². The Morgan fingerprint density at radius 2 is 1.82 bits per heavy atom. The summed E-state index contributed by atoms with van der Waals surface area (Å²) < 4.78 is 16.1. The predicted octanol–water partition coefficient (Wildman–Crippen LogP) is 5.06. The number of nitrogens with zero attached hydrogens (tertiary/aromatic N) is 3. The summed E-state index contributed by atoms with van der Waals surface area (Å²) in [5, 5.41) is 14.0. The van der Waals surface area contributed by atoms with E-state index in [0.717, 1.165) is 22.9 Å². The van der Waals surface area contributed by atoms with Crippen molar-refractivity contribution in [2.45, 2.75) is 22.9 Å². The molecule has 4 rings (SSSR count). The Kier molecular flexibility index (Phi) is 6.80. The number of carbonyl (C=O) groups excluding carboxylic acids is 1. The molecular formula is C24H19FN4O3S. The largest absolute Gasteiger partial charge is 0.348 e. The van der Waals surface area contributed by atoms with Gasteiger partial charge in [-0.3, -0.25) is 14.9 Å². The number of rotatable bonds is 8. The van der Waals surface area contributed by atoms with Crippen LogP contribution in [0.25, 0.3) is 0 Å². The van der Waals surface area contributed by atoms with Crippen molar-refractivity contribution in [3.63, 3.8) is 0 Å². The number of non-ortho nitro benzene ring substituents is 1. The van der Waals surface area contributed by atoms with Gasteiger partial charge >= 0.3 is 0 Å². The van der Waals surface area contributed by atoms with E-state index in [2.05, 4.69) is 10.3 Å². The Balaban J connectivity index is 1.48. The minimum Gasteiger partial charge on any atom is -0.348 e. The number of nitro groups is 1. The highest BCUT2D eigenvalue weighted by molar-refractivity contribution is 7.99. The Morgan fingerprint density at radius 1 is 1.06 bits per heavy atom. The van der Waals surface area contributed by atoms with Gasteiger partial charge < -0.3 is 9.88 Å². The van der Waals surface area contributed by atoms with Gasteiger partial charge in [-0.25, -0.2) is 9.37 Å². The molecule has 33 heavy (non-hydrogen) atoms.